The molecule has 0 aromatic heterocycles. The molecule has 1 aliphatic rings. The molecule has 0 unspecified atom stereocenters. The number of allylic oxidation sites excluding steroid dienone is 4. The number of nitrogens with zero attached hydrogens (tertiary/aromatic N) is 1. The maximum Gasteiger partial charge on any atom is -0.147 e. The topological polar surface area (TPSA) is 3.24 Å². The van der Waals surface area contributed by atoms with Gasteiger partial charge in [-0.2, -0.15) is 0 Å². The molecule has 0 aromatic rings. The summed E-state index contributed by atoms with van der Waals surface area (Å²) in [5, 5.41) is 10.2. The molecule has 0 bridgehead atoms. The first-order chi connectivity index (χ1) is 6.39. The molecule has 0 saturated heterocycles. The van der Waals surface area contributed by atoms with E-state index < -0.39 is 13.0 Å². The second-order valence-electron chi connectivity index (χ2n) is 9.33. The van der Waals surface area contributed by atoms with Crippen LogP contribution < -0.4 is 0 Å². The van der Waals surface area contributed by atoms with E-state index >= 15 is 0 Å². The SMILES string of the molecule is C[CH2][Ti]([CH3])([CH3])([CH3])([CH3])([C]1=CC=CC1)[N](C)C.Cl.Cl. The molecule has 1 aliphatic carbocycles. The van der Waals surface area contributed by atoms with Crippen molar-refractivity contribution in [3.05, 3.63) is 22.1 Å². The summed E-state index contributed by atoms with van der Waals surface area (Å²) in [7, 11) is 4.53. The predicted molar refractivity (Wildman–Crippen MR) is 84.0 cm³/mol. The van der Waals surface area contributed by atoms with Crippen LogP contribution in [0.1, 0.15) is 13.3 Å². The molecule has 1 rings (SSSR count). The largest absolute Gasteiger partial charge is 0.147 e. The van der Waals surface area contributed by atoms with Gasteiger partial charge in [0.15, 0.2) is 0 Å². The van der Waals surface area contributed by atoms with E-state index in [1.807, 2.05) is 0 Å². The first-order valence-corrected chi connectivity index (χ1v) is 15.0. The molecular weight excluding hydrogens is 289 g/mol. The summed E-state index contributed by atoms with van der Waals surface area (Å²) in [6.07, 6.45) is 8.01. The summed E-state index contributed by atoms with van der Waals surface area (Å²) >= 11 is -3.62. The van der Waals surface area contributed by atoms with E-state index in [1.165, 1.54) is 4.73 Å². The molecule has 0 N–H and O–H groups in total. The van der Waals surface area contributed by atoms with Gasteiger partial charge in [-0.1, -0.05) is 0 Å². The van der Waals surface area contributed by atoms with Crippen molar-refractivity contribution in [3.8, 4) is 0 Å². The maximum atomic E-state index is 2.55. The van der Waals surface area contributed by atoms with Gasteiger partial charge in [0.2, 0.25) is 0 Å². The molecule has 0 amide bonds. The first kappa shape index (κ1) is 20.1. The quantitative estimate of drug-likeness (QED) is 0.617. The maximum absolute atomic E-state index is 3.62. The third-order valence-corrected chi connectivity index (χ3v) is 25.0. The van der Waals surface area contributed by atoms with Crippen LogP contribution in [0.15, 0.2) is 22.1 Å². The van der Waals surface area contributed by atoms with Gasteiger partial charge >= 0.3 is 91.6 Å². The van der Waals surface area contributed by atoms with Crippen LogP contribution in [-0.2, 0) is 13.0 Å². The minimum atomic E-state index is -3.62. The van der Waals surface area contributed by atoms with Gasteiger partial charge in [0.05, 0.1) is 0 Å². The average molecular weight is 319 g/mol. The molecule has 0 heterocycles. The molecule has 17 heavy (non-hydrogen) atoms. The van der Waals surface area contributed by atoms with E-state index in [0.29, 0.717) is 0 Å². The summed E-state index contributed by atoms with van der Waals surface area (Å²) in [4.78, 5) is 0. The predicted octanol–water partition coefficient (Wildman–Crippen LogP) is 5.54. The summed E-state index contributed by atoms with van der Waals surface area (Å²) in [6, 6.07) is 0. The van der Waals surface area contributed by atoms with Crippen LogP contribution in [0.25, 0.3) is 0 Å². The monoisotopic (exact) mass is 318 g/mol. The molecular formula is C13H30Cl2NTi. The first-order valence-electron chi connectivity index (χ1n) is 6.15. The number of hydrogen-bond acceptors (Lipinski definition) is 1. The summed E-state index contributed by atoms with van der Waals surface area (Å²) in [5.41, 5.74) is 0. The van der Waals surface area contributed by atoms with Gasteiger partial charge in [-0.05, 0) is 0 Å². The van der Waals surface area contributed by atoms with Gasteiger partial charge in [-0.25, -0.2) is 0 Å². The zero-order valence-corrected chi connectivity index (χ0v) is 15.6. The van der Waals surface area contributed by atoms with Crippen LogP contribution in [0, 0.1) is 0 Å². The van der Waals surface area contributed by atoms with E-state index in [1.54, 1.807) is 3.88 Å². The van der Waals surface area contributed by atoms with Gasteiger partial charge in [0.1, 0.15) is 0 Å². The van der Waals surface area contributed by atoms with Gasteiger partial charge in [0.25, 0.3) is 0 Å². The zero-order chi connectivity index (χ0) is 12.1. The van der Waals surface area contributed by atoms with Crippen molar-refractivity contribution in [1.82, 2.24) is 3.38 Å². The molecule has 0 atom stereocenters. The van der Waals surface area contributed by atoms with Crippen molar-refractivity contribution in [1.29, 1.82) is 0 Å². The fourth-order valence-electron chi connectivity index (χ4n) is 2.23. The van der Waals surface area contributed by atoms with Crippen LogP contribution in [0.4, 0.5) is 0 Å². The molecule has 1 nitrogen and oxygen atoms in total. The fraction of sp³-hybridized carbons (Fsp3) is 0.692. The van der Waals surface area contributed by atoms with Gasteiger partial charge in [-0.15, -0.1) is 24.8 Å². The van der Waals surface area contributed by atoms with Gasteiger partial charge < -0.3 is 0 Å². The second kappa shape index (κ2) is 3.87. The minimum absolute atomic E-state index is 0. The van der Waals surface area contributed by atoms with E-state index in [-0.39, 0.29) is 24.8 Å². The molecule has 0 fully saturated rings. The zero-order valence-electron chi connectivity index (χ0n) is 12.4. The number of hydrogen-bond donors (Lipinski definition) is 0. The Hall–Kier alpha value is 0.734. The van der Waals surface area contributed by atoms with Crippen molar-refractivity contribution in [3.63, 3.8) is 0 Å². The molecule has 4 heteroatoms. The Labute approximate surface area is 116 Å². The Kier molecular flexibility index (Phi) is 4.56. The van der Waals surface area contributed by atoms with E-state index in [0.717, 1.165) is 6.42 Å². The van der Waals surface area contributed by atoms with Crippen LogP contribution >= 0.6 is 24.8 Å². The van der Waals surface area contributed by atoms with Crippen molar-refractivity contribution in [2.45, 2.75) is 39.0 Å². The number of halogens is 2. The Morgan fingerprint density at radius 2 is 1.59 bits per heavy atom. The van der Waals surface area contributed by atoms with E-state index in [9.17, 15) is 0 Å². The molecule has 0 aliphatic heterocycles. The number of rotatable bonds is 3. The van der Waals surface area contributed by atoms with Crippen molar-refractivity contribution < 1.29 is 13.0 Å². The minimum Gasteiger partial charge on any atom is -0.147 e. The Bertz CT molecular complexity index is 380. The van der Waals surface area contributed by atoms with E-state index in [4.69, 9.17) is 0 Å². The molecule has 0 aromatic carbocycles. The summed E-state index contributed by atoms with van der Waals surface area (Å²) < 4.78 is 5.47. The van der Waals surface area contributed by atoms with Crippen molar-refractivity contribution >= 4 is 24.8 Å². The normalized spacial score (nSPS) is 21.4. The Morgan fingerprint density at radius 3 is 1.82 bits per heavy atom. The average Bonchev–Trinajstić information content (AvgIpc) is 2.57. The van der Waals surface area contributed by atoms with Crippen LogP contribution in [0.2, 0.25) is 25.6 Å². The van der Waals surface area contributed by atoms with Crippen molar-refractivity contribution in [2.75, 3.05) is 14.1 Å². The molecule has 0 radical (unpaired) electrons. The molecule has 0 spiro atoms. The Balaban J connectivity index is 0. The second-order valence-corrected chi connectivity index (χ2v) is 33.9. The van der Waals surface area contributed by atoms with Crippen LogP contribution in [0.3, 0.4) is 0 Å². The van der Waals surface area contributed by atoms with Crippen molar-refractivity contribution in [2.24, 2.45) is 0 Å². The van der Waals surface area contributed by atoms with Gasteiger partial charge in [-0.3, -0.25) is 0 Å². The molecule has 0 saturated carbocycles. The van der Waals surface area contributed by atoms with E-state index in [2.05, 4.69) is 63.5 Å². The van der Waals surface area contributed by atoms with Gasteiger partial charge in [0, 0.05) is 0 Å². The Morgan fingerprint density at radius 1 is 1.12 bits per heavy atom. The standard InChI is InChI=1S/C5H5.C2H6N.C2H5.4CH3.2ClH.Ti/c1-2-4-5-3-1;1-3-2;1-2;;;;;;;/h1-3H,4H2;1-2H3;1H2,2H3;4*1H3;2*1H;/q;-1;;;;;;;;+1. The third kappa shape index (κ3) is 2.55. The van der Waals surface area contributed by atoms with Crippen LogP contribution in [0.5, 0.6) is 0 Å². The third-order valence-electron chi connectivity index (χ3n) is 6.50. The summed E-state index contributed by atoms with van der Waals surface area (Å²) in [5.74, 6) is 0. The fourth-order valence-corrected chi connectivity index (χ4v) is 8.15. The van der Waals surface area contributed by atoms with Crippen LogP contribution in [-0.4, -0.2) is 17.5 Å². The summed E-state index contributed by atoms with van der Waals surface area (Å²) in [6.45, 7) is 2.36. The molecule has 105 valence electrons. The smallest absolute Gasteiger partial charge is 0.147 e.